The molecule has 1 aliphatic heterocycles. The highest BCUT2D eigenvalue weighted by Gasteiger charge is 2.41. The van der Waals surface area contributed by atoms with E-state index in [4.69, 9.17) is 13.9 Å². The molecule has 0 N–H and O–H groups in total. The van der Waals surface area contributed by atoms with Crippen LogP contribution >= 0.6 is 0 Å². The van der Waals surface area contributed by atoms with Crippen LogP contribution in [-0.2, 0) is 20.9 Å². The van der Waals surface area contributed by atoms with Gasteiger partial charge in [-0.05, 0) is 39.0 Å². The lowest BCUT2D eigenvalue weighted by Gasteiger charge is -2.20. The highest BCUT2D eigenvalue weighted by Crippen LogP contribution is 2.29. The van der Waals surface area contributed by atoms with Crippen LogP contribution in [0.1, 0.15) is 56.2 Å². The molecule has 0 fully saturated rings. The molecule has 32 heavy (non-hydrogen) atoms. The SMILES string of the molecule is CCOC(=O)c1oc2ccccc2c1COC(=O)C(C)N1C(=O)c2ccc(C)cc2C1=O. The minimum atomic E-state index is -1.15. The second kappa shape index (κ2) is 8.30. The van der Waals surface area contributed by atoms with Gasteiger partial charge in [0.15, 0.2) is 0 Å². The van der Waals surface area contributed by atoms with Crippen LogP contribution in [0.2, 0.25) is 0 Å². The maximum atomic E-state index is 12.8. The number of carbonyl (C=O) groups excluding carboxylic acids is 4. The van der Waals surface area contributed by atoms with E-state index in [1.807, 2.05) is 6.92 Å². The number of esters is 2. The van der Waals surface area contributed by atoms with Crippen molar-refractivity contribution >= 4 is 34.7 Å². The molecule has 0 saturated heterocycles. The Hall–Kier alpha value is -3.94. The summed E-state index contributed by atoms with van der Waals surface area (Å²) in [4.78, 5) is 51.4. The van der Waals surface area contributed by atoms with E-state index in [1.165, 1.54) is 6.92 Å². The van der Waals surface area contributed by atoms with E-state index in [0.717, 1.165) is 10.5 Å². The van der Waals surface area contributed by atoms with E-state index >= 15 is 0 Å². The quantitative estimate of drug-likeness (QED) is 0.430. The summed E-state index contributed by atoms with van der Waals surface area (Å²) in [6, 6.07) is 10.7. The molecule has 4 rings (SSSR count). The Bertz CT molecular complexity index is 1260. The van der Waals surface area contributed by atoms with Crippen LogP contribution in [0.25, 0.3) is 11.0 Å². The molecule has 3 aromatic rings. The third-order valence-electron chi connectivity index (χ3n) is 5.32. The Morgan fingerprint density at radius 2 is 1.75 bits per heavy atom. The van der Waals surface area contributed by atoms with E-state index < -0.39 is 29.8 Å². The number of fused-ring (bicyclic) bond motifs is 2. The summed E-state index contributed by atoms with van der Waals surface area (Å²) >= 11 is 0. The summed E-state index contributed by atoms with van der Waals surface area (Å²) in [7, 11) is 0. The summed E-state index contributed by atoms with van der Waals surface area (Å²) in [6.07, 6.45) is 0. The first-order valence-corrected chi connectivity index (χ1v) is 10.2. The summed E-state index contributed by atoms with van der Waals surface area (Å²) in [5.74, 6) is -2.59. The first kappa shape index (κ1) is 21.3. The summed E-state index contributed by atoms with van der Waals surface area (Å²) < 4.78 is 16.0. The van der Waals surface area contributed by atoms with Crippen molar-refractivity contribution in [2.75, 3.05) is 6.61 Å². The largest absolute Gasteiger partial charge is 0.460 e. The Morgan fingerprint density at radius 3 is 2.50 bits per heavy atom. The van der Waals surface area contributed by atoms with E-state index in [1.54, 1.807) is 49.4 Å². The van der Waals surface area contributed by atoms with Gasteiger partial charge in [-0.15, -0.1) is 0 Å². The van der Waals surface area contributed by atoms with Gasteiger partial charge in [0.25, 0.3) is 11.8 Å². The molecule has 1 atom stereocenters. The molecule has 1 aliphatic rings. The number of nitrogens with zero attached hydrogens (tertiary/aromatic N) is 1. The van der Waals surface area contributed by atoms with Gasteiger partial charge in [-0.3, -0.25) is 14.5 Å². The van der Waals surface area contributed by atoms with Crippen molar-refractivity contribution in [3.05, 3.63) is 70.5 Å². The number of carbonyl (C=O) groups is 4. The minimum Gasteiger partial charge on any atom is -0.460 e. The molecule has 2 amide bonds. The number of ether oxygens (including phenoxy) is 2. The second-order valence-electron chi connectivity index (χ2n) is 7.44. The molecule has 0 aliphatic carbocycles. The smallest absolute Gasteiger partial charge is 0.374 e. The van der Waals surface area contributed by atoms with E-state index in [9.17, 15) is 19.2 Å². The zero-order valence-corrected chi connectivity index (χ0v) is 17.8. The monoisotopic (exact) mass is 435 g/mol. The third kappa shape index (κ3) is 3.53. The third-order valence-corrected chi connectivity index (χ3v) is 5.32. The second-order valence-corrected chi connectivity index (χ2v) is 7.44. The van der Waals surface area contributed by atoms with Gasteiger partial charge in [0, 0.05) is 5.39 Å². The maximum Gasteiger partial charge on any atom is 0.374 e. The van der Waals surface area contributed by atoms with Crippen LogP contribution in [0.3, 0.4) is 0 Å². The predicted octanol–water partition coefficient (Wildman–Crippen LogP) is 3.65. The lowest BCUT2D eigenvalue weighted by molar-refractivity contribution is -0.149. The van der Waals surface area contributed by atoms with Crippen LogP contribution in [-0.4, -0.2) is 41.3 Å². The first-order chi connectivity index (χ1) is 15.3. The lowest BCUT2D eigenvalue weighted by atomic mass is 10.1. The van der Waals surface area contributed by atoms with E-state index in [0.29, 0.717) is 16.5 Å². The average Bonchev–Trinajstić information content (AvgIpc) is 3.26. The number of para-hydroxylation sites is 1. The van der Waals surface area contributed by atoms with Crippen LogP contribution in [0.4, 0.5) is 0 Å². The van der Waals surface area contributed by atoms with E-state index in [-0.39, 0.29) is 30.1 Å². The maximum absolute atomic E-state index is 12.8. The van der Waals surface area contributed by atoms with Crippen LogP contribution < -0.4 is 0 Å². The number of furan rings is 1. The van der Waals surface area contributed by atoms with Gasteiger partial charge in [-0.25, -0.2) is 9.59 Å². The Morgan fingerprint density at radius 1 is 1.03 bits per heavy atom. The van der Waals surface area contributed by atoms with Gasteiger partial charge in [-0.1, -0.05) is 29.8 Å². The number of imide groups is 1. The first-order valence-electron chi connectivity index (χ1n) is 10.2. The van der Waals surface area contributed by atoms with Crippen LogP contribution in [0.5, 0.6) is 0 Å². The zero-order chi connectivity index (χ0) is 23.0. The topological polar surface area (TPSA) is 103 Å². The Balaban J connectivity index is 1.55. The van der Waals surface area contributed by atoms with Crippen molar-refractivity contribution in [1.29, 1.82) is 0 Å². The number of hydrogen-bond donors (Lipinski definition) is 0. The molecule has 2 heterocycles. The molecule has 1 aromatic heterocycles. The number of rotatable bonds is 6. The molecule has 0 saturated carbocycles. The molecule has 8 nitrogen and oxygen atoms in total. The molecule has 164 valence electrons. The zero-order valence-electron chi connectivity index (χ0n) is 17.8. The Labute approximate surface area is 183 Å². The van der Waals surface area contributed by atoms with Crippen molar-refractivity contribution in [1.82, 2.24) is 4.90 Å². The van der Waals surface area contributed by atoms with E-state index in [2.05, 4.69) is 0 Å². The molecule has 0 bridgehead atoms. The molecular formula is C24H21NO7. The summed E-state index contributed by atoms with van der Waals surface area (Å²) in [5.41, 5.74) is 2.16. The fourth-order valence-electron chi connectivity index (χ4n) is 3.70. The molecule has 8 heteroatoms. The van der Waals surface area contributed by atoms with Gasteiger partial charge in [0.2, 0.25) is 5.76 Å². The van der Waals surface area contributed by atoms with Gasteiger partial charge < -0.3 is 13.9 Å². The fraction of sp³-hybridized carbons (Fsp3) is 0.250. The highest BCUT2D eigenvalue weighted by atomic mass is 16.5. The fourth-order valence-corrected chi connectivity index (χ4v) is 3.70. The van der Waals surface area contributed by atoms with Crippen molar-refractivity contribution in [2.45, 2.75) is 33.4 Å². The van der Waals surface area contributed by atoms with Crippen molar-refractivity contribution in [3.8, 4) is 0 Å². The molecule has 0 radical (unpaired) electrons. The highest BCUT2D eigenvalue weighted by molar-refractivity contribution is 6.22. The van der Waals surface area contributed by atoms with Gasteiger partial charge in [0.1, 0.15) is 18.2 Å². The molecular weight excluding hydrogens is 414 g/mol. The Kier molecular flexibility index (Phi) is 5.52. The van der Waals surface area contributed by atoms with Gasteiger partial charge >= 0.3 is 11.9 Å². The molecule has 1 unspecified atom stereocenters. The number of hydrogen-bond acceptors (Lipinski definition) is 7. The molecule has 0 spiro atoms. The predicted molar refractivity (Wildman–Crippen MR) is 113 cm³/mol. The normalized spacial score (nSPS) is 13.9. The summed E-state index contributed by atoms with van der Waals surface area (Å²) in [5, 5.41) is 0.604. The van der Waals surface area contributed by atoms with Crippen molar-refractivity contribution in [3.63, 3.8) is 0 Å². The number of benzene rings is 2. The minimum absolute atomic E-state index is 0.0512. The van der Waals surface area contributed by atoms with Crippen molar-refractivity contribution in [2.24, 2.45) is 0 Å². The van der Waals surface area contributed by atoms with Crippen LogP contribution in [0.15, 0.2) is 46.9 Å². The molecule has 2 aromatic carbocycles. The van der Waals surface area contributed by atoms with Crippen molar-refractivity contribution < 1.29 is 33.1 Å². The number of amides is 2. The van der Waals surface area contributed by atoms with Gasteiger partial charge in [-0.2, -0.15) is 0 Å². The summed E-state index contributed by atoms with van der Waals surface area (Å²) in [6.45, 7) is 4.79. The average molecular weight is 435 g/mol. The lowest BCUT2D eigenvalue weighted by Crippen LogP contribution is -2.43. The van der Waals surface area contributed by atoms with Crippen LogP contribution in [0, 0.1) is 6.92 Å². The number of aryl methyl sites for hydroxylation is 1. The standard InChI is InChI=1S/C24H21NO7/c1-4-30-24(29)20-18(15-7-5-6-8-19(15)32-20)12-31-23(28)14(3)25-21(26)16-10-9-13(2)11-17(16)22(25)27/h5-11,14H,4,12H2,1-3H3. The van der Waals surface area contributed by atoms with Gasteiger partial charge in [0.05, 0.1) is 23.3 Å².